The summed E-state index contributed by atoms with van der Waals surface area (Å²) >= 11 is 0. The Morgan fingerprint density at radius 1 is 1.18 bits per heavy atom. The van der Waals surface area contributed by atoms with Crippen molar-refractivity contribution in [3.63, 3.8) is 0 Å². The van der Waals surface area contributed by atoms with Gasteiger partial charge in [0.15, 0.2) is 0 Å². The second kappa shape index (κ2) is 9.50. The van der Waals surface area contributed by atoms with E-state index in [1.807, 2.05) is 0 Å². The molecule has 0 aliphatic carbocycles. The van der Waals surface area contributed by atoms with E-state index in [2.05, 4.69) is 50.8 Å². The van der Waals surface area contributed by atoms with E-state index >= 15 is 0 Å². The average molecular weight is 238 g/mol. The molecule has 0 aliphatic rings. The summed E-state index contributed by atoms with van der Waals surface area (Å²) in [6.45, 7) is 15.3. The van der Waals surface area contributed by atoms with Gasteiger partial charge in [0.05, 0.1) is 6.54 Å². The summed E-state index contributed by atoms with van der Waals surface area (Å²) in [6, 6.07) is 0.547. The van der Waals surface area contributed by atoms with Crippen LogP contribution >= 0.6 is 0 Å². The number of hydrogen-bond donors (Lipinski definition) is 1. The van der Waals surface area contributed by atoms with Gasteiger partial charge in [0.25, 0.3) is 0 Å². The van der Waals surface area contributed by atoms with Crippen LogP contribution in [0.25, 0.3) is 0 Å². The quantitative estimate of drug-likeness (QED) is 0.621. The zero-order valence-corrected chi connectivity index (χ0v) is 12.3. The van der Waals surface area contributed by atoms with Gasteiger partial charge in [-0.25, -0.2) is 0 Å². The fourth-order valence-corrected chi connectivity index (χ4v) is 1.96. The summed E-state index contributed by atoms with van der Waals surface area (Å²) in [5.41, 5.74) is 0. The van der Waals surface area contributed by atoms with Crippen molar-refractivity contribution in [2.24, 2.45) is 11.8 Å². The maximum Gasteiger partial charge on any atom is 0.0601 e. The highest BCUT2D eigenvalue weighted by Crippen LogP contribution is 2.10. The van der Waals surface area contributed by atoms with E-state index in [1.54, 1.807) is 0 Å². The van der Waals surface area contributed by atoms with Crippen LogP contribution in [0.4, 0.5) is 0 Å². The first-order valence-corrected chi connectivity index (χ1v) is 6.91. The van der Waals surface area contributed by atoms with Crippen LogP contribution in [0.5, 0.6) is 0 Å². The van der Waals surface area contributed by atoms with E-state index < -0.39 is 0 Å². The third kappa shape index (κ3) is 7.41. The van der Waals surface area contributed by atoms with Gasteiger partial charge in [-0.05, 0) is 44.8 Å². The lowest BCUT2D eigenvalue weighted by molar-refractivity contribution is 0.178. The van der Waals surface area contributed by atoms with Crippen molar-refractivity contribution in [1.29, 1.82) is 0 Å². The predicted molar refractivity (Wildman–Crippen MR) is 77.0 cm³/mol. The van der Waals surface area contributed by atoms with Gasteiger partial charge in [-0.15, -0.1) is 6.42 Å². The molecular weight excluding hydrogens is 208 g/mol. The molecule has 0 bridgehead atoms. The van der Waals surface area contributed by atoms with Crippen molar-refractivity contribution in [3.8, 4) is 12.3 Å². The Labute approximate surface area is 108 Å². The summed E-state index contributed by atoms with van der Waals surface area (Å²) in [6.07, 6.45) is 6.60. The molecule has 0 aromatic heterocycles. The lowest BCUT2D eigenvalue weighted by Crippen LogP contribution is -2.42. The number of rotatable bonds is 9. The molecule has 0 saturated heterocycles. The molecule has 0 aliphatic heterocycles. The summed E-state index contributed by atoms with van der Waals surface area (Å²) in [5.74, 6) is 4.12. The van der Waals surface area contributed by atoms with Gasteiger partial charge >= 0.3 is 0 Å². The molecule has 0 saturated carbocycles. The van der Waals surface area contributed by atoms with Gasteiger partial charge in [-0.1, -0.05) is 33.6 Å². The van der Waals surface area contributed by atoms with Crippen LogP contribution in [0, 0.1) is 24.2 Å². The second-order valence-electron chi connectivity index (χ2n) is 5.44. The lowest BCUT2D eigenvalue weighted by atomic mass is 10.0. The highest BCUT2D eigenvalue weighted by molar-refractivity contribution is 4.90. The smallest absolute Gasteiger partial charge is 0.0601 e. The highest BCUT2D eigenvalue weighted by Gasteiger charge is 2.18. The fraction of sp³-hybridized carbons (Fsp3) is 0.867. The van der Waals surface area contributed by atoms with Crippen LogP contribution in [0.1, 0.15) is 41.0 Å². The summed E-state index contributed by atoms with van der Waals surface area (Å²) < 4.78 is 0. The maximum absolute atomic E-state index is 5.43. The molecule has 1 N–H and O–H groups in total. The molecule has 0 radical (unpaired) electrons. The minimum atomic E-state index is 0.547. The van der Waals surface area contributed by atoms with Gasteiger partial charge in [-0.2, -0.15) is 0 Å². The van der Waals surface area contributed by atoms with Crippen LogP contribution < -0.4 is 5.32 Å². The fourth-order valence-electron chi connectivity index (χ4n) is 1.96. The van der Waals surface area contributed by atoms with Crippen LogP contribution in [-0.2, 0) is 0 Å². The first kappa shape index (κ1) is 16.5. The van der Waals surface area contributed by atoms with E-state index in [-0.39, 0.29) is 0 Å². The second-order valence-corrected chi connectivity index (χ2v) is 5.44. The molecule has 0 aromatic rings. The van der Waals surface area contributed by atoms with E-state index in [4.69, 9.17) is 6.42 Å². The monoisotopic (exact) mass is 238 g/mol. The predicted octanol–water partition coefficient (Wildman–Crippen LogP) is 2.60. The zero-order valence-electron chi connectivity index (χ0n) is 12.3. The van der Waals surface area contributed by atoms with E-state index in [0.29, 0.717) is 12.0 Å². The number of nitrogens with zero attached hydrogens (tertiary/aromatic N) is 1. The maximum atomic E-state index is 5.43. The normalized spacial score (nSPS) is 14.9. The largest absolute Gasteiger partial charge is 0.316 e. The molecule has 0 rings (SSSR count). The highest BCUT2D eigenvalue weighted by atomic mass is 15.1. The van der Waals surface area contributed by atoms with Crippen molar-refractivity contribution in [2.45, 2.75) is 47.1 Å². The van der Waals surface area contributed by atoms with Crippen molar-refractivity contribution in [1.82, 2.24) is 10.2 Å². The minimum absolute atomic E-state index is 0.547. The number of hydrogen-bond acceptors (Lipinski definition) is 2. The molecule has 2 unspecified atom stereocenters. The lowest BCUT2D eigenvalue weighted by Gasteiger charge is -2.31. The van der Waals surface area contributed by atoms with Gasteiger partial charge in [0.2, 0.25) is 0 Å². The Morgan fingerprint density at radius 2 is 1.82 bits per heavy atom. The first-order chi connectivity index (χ1) is 8.02. The molecule has 0 spiro atoms. The third-order valence-corrected chi connectivity index (χ3v) is 3.22. The Morgan fingerprint density at radius 3 is 2.29 bits per heavy atom. The molecular formula is C15H30N2. The van der Waals surface area contributed by atoms with Crippen molar-refractivity contribution >= 4 is 0 Å². The Hall–Kier alpha value is -0.520. The SMILES string of the molecule is C#CCN(CCC)C(C)C(C)CNCC(C)C. The molecule has 2 heteroatoms. The molecule has 2 nitrogen and oxygen atoms in total. The van der Waals surface area contributed by atoms with Crippen LogP contribution in [-0.4, -0.2) is 37.1 Å². The molecule has 0 heterocycles. The van der Waals surface area contributed by atoms with Crippen molar-refractivity contribution in [3.05, 3.63) is 0 Å². The summed E-state index contributed by atoms with van der Waals surface area (Å²) in [4.78, 5) is 2.40. The van der Waals surface area contributed by atoms with Crippen LogP contribution in [0.2, 0.25) is 0 Å². The standard InChI is InChI=1S/C15H30N2/c1-7-9-17(10-8-2)15(6)14(5)12-16-11-13(3)4/h1,13-16H,8-12H2,2-6H3. The van der Waals surface area contributed by atoms with Gasteiger partial charge in [0.1, 0.15) is 0 Å². The minimum Gasteiger partial charge on any atom is -0.316 e. The van der Waals surface area contributed by atoms with E-state index in [0.717, 1.165) is 38.5 Å². The molecule has 17 heavy (non-hydrogen) atoms. The molecule has 100 valence electrons. The summed E-state index contributed by atoms with van der Waals surface area (Å²) in [7, 11) is 0. The number of nitrogens with one attached hydrogen (secondary N) is 1. The van der Waals surface area contributed by atoms with Crippen LogP contribution in [0.3, 0.4) is 0 Å². The van der Waals surface area contributed by atoms with E-state index in [9.17, 15) is 0 Å². The van der Waals surface area contributed by atoms with Crippen LogP contribution in [0.15, 0.2) is 0 Å². The Bertz CT molecular complexity index is 217. The van der Waals surface area contributed by atoms with Gasteiger partial charge in [-0.3, -0.25) is 4.90 Å². The Kier molecular flexibility index (Phi) is 9.21. The molecule has 0 aromatic carbocycles. The molecule has 2 atom stereocenters. The zero-order chi connectivity index (χ0) is 13.3. The van der Waals surface area contributed by atoms with Gasteiger partial charge in [0, 0.05) is 6.04 Å². The van der Waals surface area contributed by atoms with Gasteiger partial charge < -0.3 is 5.32 Å². The van der Waals surface area contributed by atoms with Crippen molar-refractivity contribution < 1.29 is 0 Å². The average Bonchev–Trinajstić information content (AvgIpc) is 2.27. The molecule has 0 amide bonds. The molecule has 0 fully saturated rings. The number of terminal acetylenes is 1. The summed E-state index contributed by atoms with van der Waals surface area (Å²) in [5, 5.41) is 3.53. The van der Waals surface area contributed by atoms with E-state index in [1.165, 1.54) is 0 Å². The van der Waals surface area contributed by atoms with Crippen molar-refractivity contribution in [2.75, 3.05) is 26.2 Å². The Balaban J connectivity index is 4.06. The first-order valence-electron chi connectivity index (χ1n) is 6.91. The third-order valence-electron chi connectivity index (χ3n) is 3.22. The topological polar surface area (TPSA) is 15.3 Å².